The predicted molar refractivity (Wildman–Crippen MR) is 76.4 cm³/mol. The van der Waals surface area contributed by atoms with E-state index >= 15 is 0 Å². The minimum Gasteiger partial charge on any atom is -0.382 e. The summed E-state index contributed by atoms with van der Waals surface area (Å²) in [6.07, 6.45) is 1.29. The monoisotopic (exact) mass is 294 g/mol. The minimum atomic E-state index is -1.03. The molecule has 7 nitrogen and oxygen atoms in total. The van der Waals surface area contributed by atoms with E-state index in [9.17, 15) is 9.59 Å². The van der Waals surface area contributed by atoms with Gasteiger partial charge in [0.05, 0.1) is 12.3 Å². The Balaban J connectivity index is 2.21. The number of hydrogen-bond donors (Lipinski definition) is 1. The largest absolute Gasteiger partial charge is 0.382 e. The van der Waals surface area contributed by atoms with Gasteiger partial charge in [-0.1, -0.05) is 0 Å². The second-order valence-corrected chi connectivity index (χ2v) is 5.56. The summed E-state index contributed by atoms with van der Waals surface area (Å²) in [5.74, 6) is -0.668. The van der Waals surface area contributed by atoms with Crippen molar-refractivity contribution in [2.24, 2.45) is 5.73 Å². The Morgan fingerprint density at radius 3 is 2.71 bits per heavy atom. The zero-order chi connectivity index (χ0) is 15.6. The number of rotatable bonds is 5. The van der Waals surface area contributed by atoms with Crippen molar-refractivity contribution in [2.75, 3.05) is 20.3 Å². The van der Waals surface area contributed by atoms with E-state index in [-0.39, 0.29) is 19.1 Å². The van der Waals surface area contributed by atoms with Crippen LogP contribution in [0.25, 0.3) is 0 Å². The molecule has 1 aliphatic heterocycles. The van der Waals surface area contributed by atoms with Crippen LogP contribution >= 0.6 is 0 Å². The fourth-order valence-corrected chi connectivity index (χ4v) is 3.01. The standard InChI is InChI=1S/C14H22N4O3/c1-10-7-11(2)18(16-10)8-12(19)17-6-4-5-14(17,9-21-3)13(15)20/h7H,4-6,8-9H2,1-3H3,(H2,15,20). The van der Waals surface area contributed by atoms with Crippen LogP contribution in [0.1, 0.15) is 24.2 Å². The van der Waals surface area contributed by atoms with Crippen molar-refractivity contribution in [3.63, 3.8) is 0 Å². The van der Waals surface area contributed by atoms with Crippen LogP contribution in [0.15, 0.2) is 6.07 Å². The van der Waals surface area contributed by atoms with Crippen LogP contribution in [-0.4, -0.2) is 52.3 Å². The maximum atomic E-state index is 12.6. The predicted octanol–water partition coefficient (Wildman–Crippen LogP) is -0.00716. The fourth-order valence-electron chi connectivity index (χ4n) is 3.01. The van der Waals surface area contributed by atoms with Crippen molar-refractivity contribution >= 4 is 11.8 Å². The number of nitrogens with zero attached hydrogens (tertiary/aromatic N) is 3. The topological polar surface area (TPSA) is 90.5 Å². The van der Waals surface area contributed by atoms with E-state index in [1.807, 2.05) is 19.9 Å². The second kappa shape index (κ2) is 5.85. The number of amides is 2. The Morgan fingerprint density at radius 2 is 2.19 bits per heavy atom. The van der Waals surface area contributed by atoms with E-state index in [0.29, 0.717) is 13.0 Å². The number of nitrogens with two attached hydrogens (primary N) is 1. The van der Waals surface area contributed by atoms with Crippen molar-refractivity contribution in [1.82, 2.24) is 14.7 Å². The van der Waals surface area contributed by atoms with Crippen LogP contribution < -0.4 is 5.73 Å². The van der Waals surface area contributed by atoms with Crippen LogP contribution in [0.2, 0.25) is 0 Å². The number of methoxy groups -OCH3 is 1. The molecule has 1 aromatic heterocycles. The van der Waals surface area contributed by atoms with Gasteiger partial charge in [-0.2, -0.15) is 5.10 Å². The van der Waals surface area contributed by atoms with Gasteiger partial charge >= 0.3 is 0 Å². The van der Waals surface area contributed by atoms with Gasteiger partial charge in [-0.25, -0.2) is 0 Å². The highest BCUT2D eigenvalue weighted by Crippen LogP contribution is 2.30. The quantitative estimate of drug-likeness (QED) is 0.827. The van der Waals surface area contributed by atoms with Gasteiger partial charge < -0.3 is 15.4 Å². The second-order valence-electron chi connectivity index (χ2n) is 5.56. The van der Waals surface area contributed by atoms with Crippen molar-refractivity contribution in [3.05, 3.63) is 17.5 Å². The Hall–Kier alpha value is -1.89. The third-order valence-corrected chi connectivity index (χ3v) is 4.02. The van der Waals surface area contributed by atoms with Gasteiger partial charge in [0.25, 0.3) is 0 Å². The van der Waals surface area contributed by atoms with Crippen LogP contribution in [0.4, 0.5) is 0 Å². The summed E-state index contributed by atoms with van der Waals surface area (Å²) < 4.78 is 6.78. The smallest absolute Gasteiger partial charge is 0.245 e. The average molecular weight is 294 g/mol. The van der Waals surface area contributed by atoms with E-state index in [1.54, 1.807) is 9.58 Å². The maximum absolute atomic E-state index is 12.6. The molecule has 116 valence electrons. The average Bonchev–Trinajstić information content (AvgIpc) is 2.95. The number of aryl methyl sites for hydroxylation is 2. The molecule has 2 heterocycles. The molecule has 0 bridgehead atoms. The Labute approximate surface area is 124 Å². The lowest BCUT2D eigenvalue weighted by atomic mass is 9.96. The molecule has 1 fully saturated rings. The first kappa shape index (κ1) is 15.5. The molecule has 0 radical (unpaired) electrons. The van der Waals surface area contributed by atoms with Crippen molar-refractivity contribution in [1.29, 1.82) is 0 Å². The SMILES string of the molecule is COCC1(C(N)=O)CCCN1C(=O)Cn1nc(C)cc1C. The number of carbonyl (C=O) groups is 2. The molecule has 1 saturated heterocycles. The van der Waals surface area contributed by atoms with Crippen molar-refractivity contribution in [2.45, 2.75) is 38.8 Å². The number of hydrogen-bond acceptors (Lipinski definition) is 4. The zero-order valence-electron chi connectivity index (χ0n) is 12.8. The maximum Gasteiger partial charge on any atom is 0.245 e. The molecule has 0 aromatic carbocycles. The van der Waals surface area contributed by atoms with E-state index in [2.05, 4.69) is 5.10 Å². The Morgan fingerprint density at radius 1 is 1.48 bits per heavy atom. The van der Waals surface area contributed by atoms with Gasteiger partial charge in [0.1, 0.15) is 12.1 Å². The van der Waals surface area contributed by atoms with Gasteiger partial charge in [0.2, 0.25) is 11.8 Å². The van der Waals surface area contributed by atoms with Gasteiger partial charge in [-0.3, -0.25) is 14.3 Å². The molecule has 0 saturated carbocycles. The first-order chi connectivity index (χ1) is 9.90. The summed E-state index contributed by atoms with van der Waals surface area (Å²) in [7, 11) is 1.51. The molecule has 2 N–H and O–H groups in total. The summed E-state index contributed by atoms with van der Waals surface area (Å²) in [6, 6.07) is 1.91. The lowest BCUT2D eigenvalue weighted by Gasteiger charge is -2.35. The summed E-state index contributed by atoms with van der Waals surface area (Å²) >= 11 is 0. The lowest BCUT2D eigenvalue weighted by Crippen LogP contribution is -2.59. The molecule has 21 heavy (non-hydrogen) atoms. The summed E-state index contributed by atoms with van der Waals surface area (Å²) in [5.41, 5.74) is 6.29. The summed E-state index contributed by atoms with van der Waals surface area (Å²) in [5, 5.41) is 4.28. The highest BCUT2D eigenvalue weighted by Gasteiger charge is 2.48. The molecular weight excluding hydrogens is 272 g/mol. The number of primary amides is 1. The van der Waals surface area contributed by atoms with Crippen LogP contribution in [0, 0.1) is 13.8 Å². The molecule has 2 rings (SSSR count). The Bertz CT molecular complexity index is 554. The van der Waals surface area contributed by atoms with Gasteiger partial charge in [0, 0.05) is 19.3 Å². The summed E-state index contributed by atoms with van der Waals surface area (Å²) in [6.45, 7) is 4.53. The first-order valence-corrected chi connectivity index (χ1v) is 7.01. The molecule has 1 unspecified atom stereocenters. The molecule has 1 aliphatic rings. The fraction of sp³-hybridized carbons (Fsp3) is 0.643. The highest BCUT2D eigenvalue weighted by molar-refractivity contribution is 5.91. The first-order valence-electron chi connectivity index (χ1n) is 7.01. The third kappa shape index (κ3) is 2.78. The molecule has 7 heteroatoms. The van der Waals surface area contributed by atoms with Crippen LogP contribution in [0.3, 0.4) is 0 Å². The molecule has 1 atom stereocenters. The van der Waals surface area contributed by atoms with Crippen molar-refractivity contribution < 1.29 is 14.3 Å². The van der Waals surface area contributed by atoms with E-state index in [4.69, 9.17) is 10.5 Å². The van der Waals surface area contributed by atoms with E-state index < -0.39 is 11.4 Å². The van der Waals surface area contributed by atoms with Crippen LogP contribution in [-0.2, 0) is 20.9 Å². The van der Waals surface area contributed by atoms with E-state index in [0.717, 1.165) is 17.8 Å². The lowest BCUT2D eigenvalue weighted by molar-refractivity contribution is -0.147. The molecule has 0 spiro atoms. The van der Waals surface area contributed by atoms with Gasteiger partial charge in [0.15, 0.2) is 0 Å². The zero-order valence-corrected chi connectivity index (χ0v) is 12.8. The molecule has 2 amide bonds. The Kier molecular flexibility index (Phi) is 4.32. The number of ether oxygens (including phenoxy) is 1. The van der Waals surface area contributed by atoms with Gasteiger partial charge in [-0.05, 0) is 32.8 Å². The molecule has 0 aliphatic carbocycles. The molecular formula is C14H22N4O3. The van der Waals surface area contributed by atoms with Crippen molar-refractivity contribution in [3.8, 4) is 0 Å². The highest BCUT2D eigenvalue weighted by atomic mass is 16.5. The minimum absolute atomic E-state index is 0.110. The number of likely N-dealkylation sites (tertiary alicyclic amines) is 1. The van der Waals surface area contributed by atoms with Crippen LogP contribution in [0.5, 0.6) is 0 Å². The summed E-state index contributed by atoms with van der Waals surface area (Å²) in [4.78, 5) is 26.0. The van der Waals surface area contributed by atoms with Gasteiger partial charge in [-0.15, -0.1) is 0 Å². The molecule has 1 aromatic rings. The van der Waals surface area contributed by atoms with E-state index in [1.165, 1.54) is 7.11 Å². The number of carbonyl (C=O) groups excluding carboxylic acids is 2. The third-order valence-electron chi connectivity index (χ3n) is 4.02. The number of aromatic nitrogens is 2. The normalized spacial score (nSPS) is 21.8.